The van der Waals surface area contributed by atoms with Crippen LogP contribution in [0.15, 0.2) is 12.1 Å². The highest BCUT2D eigenvalue weighted by Gasteiger charge is 2.43. The van der Waals surface area contributed by atoms with E-state index in [-0.39, 0.29) is 18.1 Å². The third-order valence-electron chi connectivity index (χ3n) is 4.49. The topological polar surface area (TPSA) is 60.0 Å². The second kappa shape index (κ2) is 6.04. The van der Waals surface area contributed by atoms with Crippen molar-refractivity contribution in [3.63, 3.8) is 0 Å². The molecule has 2 heterocycles. The van der Waals surface area contributed by atoms with E-state index in [1.165, 1.54) is 0 Å². The zero-order chi connectivity index (χ0) is 15.7. The molecule has 0 radical (unpaired) electrons. The lowest BCUT2D eigenvalue weighted by Gasteiger charge is -2.32. The molecule has 1 aromatic carbocycles. The smallest absolute Gasteiger partial charge is 0.238 e. The molecule has 120 valence electrons. The van der Waals surface area contributed by atoms with E-state index in [0.717, 1.165) is 31.4 Å². The zero-order valence-corrected chi connectivity index (χ0v) is 13.2. The van der Waals surface area contributed by atoms with Crippen LogP contribution in [0.3, 0.4) is 0 Å². The maximum Gasteiger partial charge on any atom is 0.238 e. The Balaban J connectivity index is 2.02. The van der Waals surface area contributed by atoms with Crippen molar-refractivity contribution in [2.75, 3.05) is 27.9 Å². The standard InChI is InChI=1S/C16H22N2O4/c1-20-12-8-7-10(13(21-2)14(12)22-3)15-17-16(19)11-6-4-5-9-18(11)15/h7-8,11,15H,4-6,9H2,1-3H3,(H,17,19)/t11-,15+/m0/s1. The molecule has 6 nitrogen and oxygen atoms in total. The fraction of sp³-hybridized carbons (Fsp3) is 0.562. The van der Waals surface area contributed by atoms with Gasteiger partial charge in [0.2, 0.25) is 11.7 Å². The molecule has 6 heteroatoms. The van der Waals surface area contributed by atoms with Crippen molar-refractivity contribution in [1.29, 1.82) is 0 Å². The van der Waals surface area contributed by atoms with E-state index in [0.29, 0.717) is 17.2 Å². The van der Waals surface area contributed by atoms with Crippen LogP contribution in [0.2, 0.25) is 0 Å². The molecule has 2 aliphatic heterocycles. The number of carbonyl (C=O) groups is 1. The molecule has 3 rings (SSSR count). The molecule has 0 saturated carbocycles. The van der Waals surface area contributed by atoms with Crippen LogP contribution in [0.25, 0.3) is 0 Å². The lowest BCUT2D eigenvalue weighted by molar-refractivity contribution is -0.122. The Morgan fingerprint density at radius 2 is 1.86 bits per heavy atom. The van der Waals surface area contributed by atoms with Crippen LogP contribution in [-0.2, 0) is 4.79 Å². The highest BCUT2D eigenvalue weighted by molar-refractivity contribution is 5.84. The van der Waals surface area contributed by atoms with Crippen molar-refractivity contribution in [1.82, 2.24) is 10.2 Å². The monoisotopic (exact) mass is 306 g/mol. The van der Waals surface area contributed by atoms with Gasteiger partial charge in [-0.2, -0.15) is 0 Å². The molecule has 2 fully saturated rings. The van der Waals surface area contributed by atoms with Crippen LogP contribution < -0.4 is 19.5 Å². The van der Waals surface area contributed by atoms with Crippen LogP contribution in [0.5, 0.6) is 17.2 Å². The number of carbonyl (C=O) groups excluding carboxylic acids is 1. The second-order valence-electron chi connectivity index (χ2n) is 5.58. The molecule has 1 amide bonds. The Hall–Kier alpha value is -1.95. The summed E-state index contributed by atoms with van der Waals surface area (Å²) in [4.78, 5) is 14.4. The summed E-state index contributed by atoms with van der Waals surface area (Å²) in [5.74, 6) is 1.87. The van der Waals surface area contributed by atoms with Crippen molar-refractivity contribution in [3.05, 3.63) is 17.7 Å². The van der Waals surface area contributed by atoms with Gasteiger partial charge in [-0.1, -0.05) is 6.42 Å². The summed E-state index contributed by atoms with van der Waals surface area (Å²) in [5.41, 5.74) is 0.901. The number of benzene rings is 1. The van der Waals surface area contributed by atoms with Gasteiger partial charge in [-0.25, -0.2) is 0 Å². The summed E-state index contributed by atoms with van der Waals surface area (Å²) in [5, 5.41) is 3.09. The van der Waals surface area contributed by atoms with Gasteiger partial charge in [-0.15, -0.1) is 0 Å². The summed E-state index contributed by atoms with van der Waals surface area (Å²) in [7, 11) is 4.78. The molecule has 2 atom stereocenters. The lowest BCUT2D eigenvalue weighted by Crippen LogP contribution is -2.38. The van der Waals surface area contributed by atoms with Crippen LogP contribution in [0.1, 0.15) is 31.0 Å². The number of hydrogen-bond donors (Lipinski definition) is 1. The number of piperidine rings is 1. The summed E-state index contributed by atoms with van der Waals surface area (Å²) in [6, 6.07) is 3.75. The number of rotatable bonds is 4. The number of ether oxygens (including phenoxy) is 3. The molecule has 0 bridgehead atoms. The van der Waals surface area contributed by atoms with E-state index in [1.807, 2.05) is 12.1 Å². The van der Waals surface area contributed by atoms with Gasteiger partial charge in [0, 0.05) is 12.1 Å². The predicted octanol–water partition coefficient (Wildman–Crippen LogP) is 1.70. The summed E-state index contributed by atoms with van der Waals surface area (Å²) < 4.78 is 16.3. The van der Waals surface area contributed by atoms with Gasteiger partial charge in [-0.3, -0.25) is 9.69 Å². The van der Waals surface area contributed by atoms with Crippen LogP contribution >= 0.6 is 0 Å². The first-order valence-electron chi connectivity index (χ1n) is 7.56. The number of hydrogen-bond acceptors (Lipinski definition) is 5. The molecule has 0 spiro atoms. The second-order valence-corrected chi connectivity index (χ2v) is 5.58. The van der Waals surface area contributed by atoms with E-state index in [2.05, 4.69) is 10.2 Å². The third kappa shape index (κ3) is 2.27. The van der Waals surface area contributed by atoms with Crippen molar-refractivity contribution in [2.24, 2.45) is 0 Å². The van der Waals surface area contributed by atoms with Gasteiger partial charge in [0.1, 0.15) is 6.17 Å². The number of amides is 1. The molecule has 1 N–H and O–H groups in total. The van der Waals surface area contributed by atoms with E-state index in [4.69, 9.17) is 14.2 Å². The van der Waals surface area contributed by atoms with Crippen molar-refractivity contribution in [3.8, 4) is 17.2 Å². The highest BCUT2D eigenvalue weighted by Crippen LogP contribution is 2.44. The quantitative estimate of drug-likeness (QED) is 0.917. The van der Waals surface area contributed by atoms with Crippen LogP contribution in [0, 0.1) is 0 Å². The Morgan fingerprint density at radius 3 is 2.55 bits per heavy atom. The van der Waals surface area contributed by atoms with E-state index in [1.54, 1.807) is 21.3 Å². The first-order chi connectivity index (χ1) is 10.7. The molecule has 1 aromatic rings. The fourth-order valence-corrected chi connectivity index (χ4v) is 3.45. The van der Waals surface area contributed by atoms with E-state index < -0.39 is 0 Å². The SMILES string of the molecule is COc1ccc([C@@H]2NC(=O)[C@@H]3CCCCN32)c(OC)c1OC. The maximum absolute atomic E-state index is 12.2. The van der Waals surface area contributed by atoms with Gasteiger partial charge in [0.25, 0.3) is 0 Å². The van der Waals surface area contributed by atoms with Gasteiger partial charge in [0.05, 0.1) is 27.4 Å². The summed E-state index contributed by atoms with van der Waals surface area (Å²) in [6.45, 7) is 0.908. The normalized spacial score (nSPS) is 24.6. The highest BCUT2D eigenvalue weighted by atomic mass is 16.5. The summed E-state index contributed by atoms with van der Waals surface area (Å²) >= 11 is 0. The van der Waals surface area contributed by atoms with Gasteiger partial charge < -0.3 is 19.5 Å². The molecule has 2 aliphatic rings. The van der Waals surface area contributed by atoms with E-state index in [9.17, 15) is 4.79 Å². The van der Waals surface area contributed by atoms with E-state index >= 15 is 0 Å². The van der Waals surface area contributed by atoms with Gasteiger partial charge >= 0.3 is 0 Å². The molecular formula is C16H22N2O4. The molecular weight excluding hydrogens is 284 g/mol. The third-order valence-corrected chi connectivity index (χ3v) is 4.49. The van der Waals surface area contributed by atoms with Crippen molar-refractivity contribution >= 4 is 5.91 Å². The van der Waals surface area contributed by atoms with Crippen molar-refractivity contribution < 1.29 is 19.0 Å². The van der Waals surface area contributed by atoms with Crippen molar-refractivity contribution in [2.45, 2.75) is 31.5 Å². The Labute approximate surface area is 130 Å². The lowest BCUT2D eigenvalue weighted by atomic mass is 10.0. The van der Waals surface area contributed by atoms with Crippen LogP contribution in [-0.4, -0.2) is 44.7 Å². The minimum Gasteiger partial charge on any atom is -0.493 e. The largest absolute Gasteiger partial charge is 0.493 e. The molecule has 0 aromatic heterocycles. The molecule has 2 saturated heterocycles. The fourth-order valence-electron chi connectivity index (χ4n) is 3.45. The number of nitrogens with zero attached hydrogens (tertiary/aromatic N) is 1. The maximum atomic E-state index is 12.2. The Kier molecular flexibility index (Phi) is 4.11. The minimum atomic E-state index is -0.174. The average molecular weight is 306 g/mol. The predicted molar refractivity (Wildman–Crippen MR) is 81.3 cm³/mol. The minimum absolute atomic E-state index is 0.0310. The zero-order valence-electron chi connectivity index (χ0n) is 13.2. The number of methoxy groups -OCH3 is 3. The molecule has 0 aliphatic carbocycles. The Morgan fingerprint density at radius 1 is 1.09 bits per heavy atom. The van der Waals surface area contributed by atoms with Gasteiger partial charge in [-0.05, 0) is 25.0 Å². The number of nitrogens with one attached hydrogen (secondary N) is 1. The van der Waals surface area contributed by atoms with Gasteiger partial charge in [0.15, 0.2) is 11.5 Å². The van der Waals surface area contributed by atoms with Crippen LogP contribution in [0.4, 0.5) is 0 Å². The average Bonchev–Trinajstić information content (AvgIpc) is 2.90. The first-order valence-corrected chi connectivity index (χ1v) is 7.56. The summed E-state index contributed by atoms with van der Waals surface area (Å²) in [6.07, 6.45) is 2.95. The Bertz CT molecular complexity index is 576. The first kappa shape index (κ1) is 15.0. The molecule has 22 heavy (non-hydrogen) atoms. The number of fused-ring (bicyclic) bond motifs is 1. The molecule has 0 unspecified atom stereocenters.